The van der Waals surface area contributed by atoms with Crippen LogP contribution in [0.1, 0.15) is 34.1 Å². The van der Waals surface area contributed by atoms with Gasteiger partial charge in [-0.3, -0.25) is 4.90 Å². The Hall–Kier alpha value is -0.0900. The summed E-state index contributed by atoms with van der Waals surface area (Å²) in [5, 5.41) is 0. The first kappa shape index (κ1) is 12.0. The van der Waals surface area contributed by atoms with Crippen LogP contribution in [0.2, 0.25) is 0 Å². The van der Waals surface area contributed by atoms with Gasteiger partial charge in [-0.1, -0.05) is 0 Å². The van der Waals surface area contributed by atoms with Crippen LogP contribution >= 0.6 is 0 Å². The fourth-order valence-electron chi connectivity index (χ4n) is 2.45. The summed E-state index contributed by atoms with van der Waals surface area (Å²) in [6.07, 6.45) is 0.804. The number of hydrogen-bond donors (Lipinski definition) is 0. The molecule has 4 heteroatoms. The van der Waals surface area contributed by atoms with E-state index in [2.05, 4.69) is 32.6 Å². The molecule has 0 aromatic carbocycles. The van der Waals surface area contributed by atoms with Gasteiger partial charge in [-0.25, -0.2) is 8.42 Å². The predicted molar refractivity (Wildman–Crippen MR) is 59.2 cm³/mol. The summed E-state index contributed by atoms with van der Waals surface area (Å²) in [7, 11) is -2.75. The van der Waals surface area contributed by atoms with Crippen molar-refractivity contribution in [2.75, 3.05) is 11.5 Å². The smallest absolute Gasteiger partial charge is 0.151 e. The molecule has 0 aromatic heterocycles. The van der Waals surface area contributed by atoms with E-state index in [4.69, 9.17) is 0 Å². The Morgan fingerprint density at radius 1 is 1.14 bits per heavy atom. The summed E-state index contributed by atoms with van der Waals surface area (Å²) in [4.78, 5) is 2.31. The third-order valence-corrected chi connectivity index (χ3v) is 4.57. The molecule has 0 aliphatic carbocycles. The average Bonchev–Trinajstić information content (AvgIpc) is 2.28. The van der Waals surface area contributed by atoms with Gasteiger partial charge in [0.1, 0.15) is 0 Å². The normalized spacial score (nSPS) is 26.6. The van der Waals surface area contributed by atoms with E-state index in [-0.39, 0.29) is 6.04 Å². The molecule has 3 nitrogen and oxygen atoms in total. The van der Waals surface area contributed by atoms with Gasteiger partial charge in [0, 0.05) is 18.1 Å². The monoisotopic (exact) mass is 219 g/mol. The topological polar surface area (TPSA) is 37.4 Å². The third-order valence-electron chi connectivity index (χ3n) is 2.82. The van der Waals surface area contributed by atoms with E-state index in [0.717, 1.165) is 6.42 Å². The molecule has 1 rings (SSSR count). The van der Waals surface area contributed by atoms with Crippen molar-refractivity contribution >= 4 is 9.84 Å². The van der Waals surface area contributed by atoms with Crippen molar-refractivity contribution in [3.8, 4) is 0 Å². The molecule has 0 saturated carbocycles. The minimum absolute atomic E-state index is 0.236. The van der Waals surface area contributed by atoms with E-state index in [0.29, 0.717) is 23.6 Å². The Labute approximate surface area is 87.4 Å². The Morgan fingerprint density at radius 2 is 1.64 bits per heavy atom. The molecule has 1 fully saturated rings. The highest BCUT2D eigenvalue weighted by Gasteiger charge is 2.34. The molecule has 0 amide bonds. The molecular weight excluding hydrogens is 198 g/mol. The summed E-state index contributed by atoms with van der Waals surface area (Å²) < 4.78 is 22.7. The van der Waals surface area contributed by atoms with E-state index in [1.165, 1.54) is 0 Å². The lowest BCUT2D eigenvalue weighted by molar-refractivity contribution is 0.126. The number of rotatable bonds is 3. The lowest BCUT2D eigenvalue weighted by Gasteiger charge is -2.35. The van der Waals surface area contributed by atoms with E-state index in [9.17, 15) is 8.42 Å². The van der Waals surface area contributed by atoms with Gasteiger partial charge < -0.3 is 0 Å². The quantitative estimate of drug-likeness (QED) is 0.718. The van der Waals surface area contributed by atoms with Gasteiger partial charge >= 0.3 is 0 Å². The van der Waals surface area contributed by atoms with Gasteiger partial charge in [0.2, 0.25) is 0 Å². The Morgan fingerprint density at radius 3 is 1.93 bits per heavy atom. The molecule has 1 heterocycles. The van der Waals surface area contributed by atoms with Crippen LogP contribution in [0.25, 0.3) is 0 Å². The number of sulfone groups is 1. The molecular formula is C10H21NO2S. The van der Waals surface area contributed by atoms with Crippen LogP contribution in [-0.2, 0) is 9.84 Å². The van der Waals surface area contributed by atoms with E-state index in [1.54, 1.807) is 0 Å². The van der Waals surface area contributed by atoms with Crippen molar-refractivity contribution in [3.63, 3.8) is 0 Å². The van der Waals surface area contributed by atoms with Crippen molar-refractivity contribution in [1.82, 2.24) is 4.90 Å². The first-order valence-electron chi connectivity index (χ1n) is 5.31. The van der Waals surface area contributed by atoms with Crippen LogP contribution in [0, 0.1) is 0 Å². The van der Waals surface area contributed by atoms with E-state index in [1.807, 2.05) is 0 Å². The minimum atomic E-state index is -2.75. The Balaban J connectivity index is 2.73. The molecule has 1 atom stereocenters. The minimum Gasteiger partial charge on any atom is -0.295 e. The largest absolute Gasteiger partial charge is 0.295 e. The number of hydrogen-bond acceptors (Lipinski definition) is 3. The van der Waals surface area contributed by atoms with Gasteiger partial charge in [-0.05, 0) is 34.1 Å². The first-order chi connectivity index (χ1) is 6.33. The zero-order valence-corrected chi connectivity index (χ0v) is 10.3. The molecule has 1 unspecified atom stereocenters. The summed E-state index contributed by atoms with van der Waals surface area (Å²) in [6, 6.07) is 1.08. The van der Waals surface area contributed by atoms with Crippen LogP contribution < -0.4 is 0 Å². The van der Waals surface area contributed by atoms with E-state index < -0.39 is 9.84 Å². The van der Waals surface area contributed by atoms with Gasteiger partial charge in [0.25, 0.3) is 0 Å². The first-order valence-corrected chi connectivity index (χ1v) is 7.13. The van der Waals surface area contributed by atoms with Crippen LogP contribution in [0.3, 0.4) is 0 Å². The summed E-state index contributed by atoms with van der Waals surface area (Å²) in [5.41, 5.74) is 0. The molecule has 84 valence electrons. The van der Waals surface area contributed by atoms with Crippen molar-refractivity contribution < 1.29 is 8.42 Å². The SMILES string of the molecule is CC(C)N(C(C)C)C1CCS(=O)(=O)C1. The second-order valence-corrected chi connectivity index (χ2v) is 6.92. The molecule has 0 aromatic rings. The van der Waals surface area contributed by atoms with Crippen molar-refractivity contribution in [2.24, 2.45) is 0 Å². The maximum Gasteiger partial charge on any atom is 0.151 e. The molecule has 14 heavy (non-hydrogen) atoms. The van der Waals surface area contributed by atoms with Gasteiger partial charge in [-0.15, -0.1) is 0 Å². The lowest BCUT2D eigenvalue weighted by atomic mass is 10.1. The van der Waals surface area contributed by atoms with Crippen LogP contribution in [0.5, 0.6) is 0 Å². The average molecular weight is 219 g/mol. The standard InChI is InChI=1S/C10H21NO2S/c1-8(2)11(9(3)4)10-5-6-14(12,13)7-10/h8-10H,5-7H2,1-4H3. The lowest BCUT2D eigenvalue weighted by Crippen LogP contribution is -2.45. The van der Waals surface area contributed by atoms with Gasteiger partial charge in [0.05, 0.1) is 11.5 Å². The number of nitrogens with zero attached hydrogens (tertiary/aromatic N) is 1. The second-order valence-electron chi connectivity index (χ2n) is 4.69. The fraction of sp³-hybridized carbons (Fsp3) is 1.00. The Kier molecular flexibility index (Phi) is 3.58. The highest BCUT2D eigenvalue weighted by molar-refractivity contribution is 7.91. The molecule has 0 bridgehead atoms. The highest BCUT2D eigenvalue weighted by Crippen LogP contribution is 2.21. The van der Waals surface area contributed by atoms with Gasteiger partial charge in [0.15, 0.2) is 9.84 Å². The summed E-state index contributed by atoms with van der Waals surface area (Å²) in [6.45, 7) is 8.52. The Bertz CT molecular complexity index is 274. The van der Waals surface area contributed by atoms with Crippen LogP contribution in [0.4, 0.5) is 0 Å². The van der Waals surface area contributed by atoms with Crippen LogP contribution in [-0.4, -0.2) is 42.9 Å². The zero-order chi connectivity index (χ0) is 10.9. The van der Waals surface area contributed by atoms with Crippen molar-refractivity contribution in [1.29, 1.82) is 0 Å². The van der Waals surface area contributed by atoms with Crippen LogP contribution in [0.15, 0.2) is 0 Å². The molecule has 1 saturated heterocycles. The molecule has 0 N–H and O–H groups in total. The molecule has 0 spiro atoms. The summed E-state index contributed by atoms with van der Waals surface area (Å²) in [5.74, 6) is 0.719. The maximum absolute atomic E-state index is 11.4. The van der Waals surface area contributed by atoms with Crippen molar-refractivity contribution in [2.45, 2.75) is 52.2 Å². The highest BCUT2D eigenvalue weighted by atomic mass is 32.2. The molecule has 0 radical (unpaired) electrons. The third kappa shape index (κ3) is 2.70. The van der Waals surface area contributed by atoms with E-state index >= 15 is 0 Å². The van der Waals surface area contributed by atoms with Gasteiger partial charge in [-0.2, -0.15) is 0 Å². The zero-order valence-electron chi connectivity index (χ0n) is 9.53. The predicted octanol–water partition coefficient (Wildman–Crippen LogP) is 1.29. The molecule has 1 aliphatic heterocycles. The van der Waals surface area contributed by atoms with Crippen molar-refractivity contribution in [3.05, 3.63) is 0 Å². The fourth-order valence-corrected chi connectivity index (χ4v) is 4.17. The maximum atomic E-state index is 11.4. The molecule has 1 aliphatic rings. The second kappa shape index (κ2) is 4.19. The summed E-state index contributed by atoms with van der Waals surface area (Å²) >= 11 is 0.